The maximum atomic E-state index is 5.80. The highest BCUT2D eigenvalue weighted by Crippen LogP contribution is 2.47. The molecule has 1 heterocycles. The lowest BCUT2D eigenvalue weighted by Gasteiger charge is -2.12. The summed E-state index contributed by atoms with van der Waals surface area (Å²) < 4.78 is 0. The van der Waals surface area contributed by atoms with Gasteiger partial charge in [-0.05, 0) is 25.0 Å². The summed E-state index contributed by atoms with van der Waals surface area (Å²) in [4.78, 5) is 8.94. The molecule has 13 heavy (non-hydrogen) atoms. The molecule has 1 fully saturated rings. The second kappa shape index (κ2) is 3.25. The molecule has 1 aliphatic carbocycles. The Balaban J connectivity index is 2.25. The minimum absolute atomic E-state index is 0.0413. The zero-order valence-electron chi connectivity index (χ0n) is 7.16. The summed E-state index contributed by atoms with van der Waals surface area (Å²) in [5, 5.41) is 0.529. The number of nitrogens with two attached hydrogens (primary N) is 1. The Morgan fingerprint density at radius 3 is 2.85 bits per heavy atom. The van der Waals surface area contributed by atoms with Crippen LogP contribution in [0.5, 0.6) is 0 Å². The largest absolute Gasteiger partial charge is 0.304 e. The summed E-state index contributed by atoms with van der Waals surface area (Å²) in [6, 6.07) is 5.64. The van der Waals surface area contributed by atoms with Gasteiger partial charge in [-0.3, -0.25) is 0 Å². The second-order valence-electron chi connectivity index (χ2n) is 3.44. The van der Waals surface area contributed by atoms with E-state index < -0.39 is 0 Å². The van der Waals surface area contributed by atoms with Crippen molar-refractivity contribution in [3.8, 4) is 0 Å². The normalized spacial score (nSPS) is 18.6. The molecular formula is C9H11ClN2O. The predicted octanol–water partition coefficient (Wildman–Crippen LogP) is 1.66. The van der Waals surface area contributed by atoms with Crippen LogP contribution in [0.2, 0.25) is 5.15 Å². The first kappa shape index (κ1) is 8.94. The summed E-state index contributed by atoms with van der Waals surface area (Å²) in [6.45, 7) is 0.528. The third-order valence-corrected chi connectivity index (χ3v) is 2.68. The number of rotatable bonds is 3. The Labute approximate surface area is 81.8 Å². The van der Waals surface area contributed by atoms with Crippen LogP contribution >= 0.6 is 11.6 Å². The number of nitrogens with zero attached hydrogens (tertiary/aromatic N) is 1. The molecule has 0 aromatic carbocycles. The Bertz CT molecular complexity index is 312. The standard InChI is InChI=1S/C9H11ClN2O/c10-8-3-1-2-7(12-8)9(4-5-9)6-13-11/h1-3H,4-6,11H2. The lowest BCUT2D eigenvalue weighted by Crippen LogP contribution is -2.19. The average molecular weight is 199 g/mol. The highest BCUT2D eigenvalue weighted by atomic mass is 35.5. The van der Waals surface area contributed by atoms with E-state index in [1.54, 1.807) is 6.07 Å². The van der Waals surface area contributed by atoms with Crippen LogP contribution in [-0.4, -0.2) is 11.6 Å². The monoisotopic (exact) mass is 198 g/mol. The van der Waals surface area contributed by atoms with Gasteiger partial charge in [-0.1, -0.05) is 17.7 Å². The van der Waals surface area contributed by atoms with Gasteiger partial charge in [0.2, 0.25) is 0 Å². The van der Waals surface area contributed by atoms with Gasteiger partial charge in [-0.25, -0.2) is 10.9 Å². The molecule has 2 N–H and O–H groups in total. The zero-order chi connectivity index (χ0) is 9.31. The maximum absolute atomic E-state index is 5.80. The molecule has 0 amide bonds. The SMILES string of the molecule is NOCC1(c2cccc(Cl)n2)CC1. The highest BCUT2D eigenvalue weighted by molar-refractivity contribution is 6.29. The third-order valence-electron chi connectivity index (χ3n) is 2.47. The van der Waals surface area contributed by atoms with Crippen molar-refractivity contribution in [1.29, 1.82) is 0 Å². The van der Waals surface area contributed by atoms with Gasteiger partial charge in [-0.15, -0.1) is 0 Å². The van der Waals surface area contributed by atoms with Crippen LogP contribution in [0.1, 0.15) is 18.5 Å². The van der Waals surface area contributed by atoms with Crippen LogP contribution < -0.4 is 5.90 Å². The van der Waals surface area contributed by atoms with Crippen LogP contribution in [0.3, 0.4) is 0 Å². The molecular weight excluding hydrogens is 188 g/mol. The van der Waals surface area contributed by atoms with E-state index in [4.69, 9.17) is 17.5 Å². The van der Waals surface area contributed by atoms with E-state index in [0.29, 0.717) is 11.8 Å². The van der Waals surface area contributed by atoms with Crippen molar-refractivity contribution in [2.75, 3.05) is 6.61 Å². The van der Waals surface area contributed by atoms with Gasteiger partial charge in [0.15, 0.2) is 0 Å². The van der Waals surface area contributed by atoms with Crippen molar-refractivity contribution < 1.29 is 4.84 Å². The second-order valence-corrected chi connectivity index (χ2v) is 3.82. The molecule has 0 spiro atoms. The van der Waals surface area contributed by atoms with Crippen LogP contribution in [0, 0.1) is 0 Å². The molecule has 70 valence electrons. The summed E-state index contributed by atoms with van der Waals surface area (Å²) in [6.07, 6.45) is 2.16. The zero-order valence-corrected chi connectivity index (χ0v) is 7.92. The van der Waals surface area contributed by atoms with Gasteiger partial charge in [0, 0.05) is 5.41 Å². The van der Waals surface area contributed by atoms with Gasteiger partial charge >= 0.3 is 0 Å². The van der Waals surface area contributed by atoms with E-state index in [0.717, 1.165) is 18.5 Å². The maximum Gasteiger partial charge on any atom is 0.129 e. The van der Waals surface area contributed by atoms with E-state index in [1.165, 1.54) is 0 Å². The Hall–Kier alpha value is -0.640. The average Bonchev–Trinajstić information content (AvgIpc) is 2.86. The topological polar surface area (TPSA) is 48.1 Å². The van der Waals surface area contributed by atoms with Crippen molar-refractivity contribution >= 4 is 11.6 Å². The quantitative estimate of drug-likeness (QED) is 0.594. The molecule has 1 aliphatic rings. The first-order valence-electron chi connectivity index (χ1n) is 4.22. The Morgan fingerprint density at radius 1 is 1.54 bits per heavy atom. The van der Waals surface area contributed by atoms with Crippen molar-refractivity contribution in [3.05, 3.63) is 29.0 Å². The molecule has 0 atom stereocenters. The van der Waals surface area contributed by atoms with Gasteiger partial charge in [0.25, 0.3) is 0 Å². The van der Waals surface area contributed by atoms with Gasteiger partial charge in [-0.2, -0.15) is 0 Å². The first-order valence-corrected chi connectivity index (χ1v) is 4.59. The number of hydrogen-bond donors (Lipinski definition) is 1. The van der Waals surface area contributed by atoms with Crippen molar-refractivity contribution in [2.45, 2.75) is 18.3 Å². The molecule has 0 saturated heterocycles. The summed E-state index contributed by atoms with van der Waals surface area (Å²) in [5.74, 6) is 5.07. The molecule has 0 unspecified atom stereocenters. The van der Waals surface area contributed by atoms with Crippen molar-refractivity contribution in [3.63, 3.8) is 0 Å². The van der Waals surface area contributed by atoms with E-state index in [9.17, 15) is 0 Å². The predicted molar refractivity (Wildman–Crippen MR) is 50.3 cm³/mol. The number of aromatic nitrogens is 1. The first-order chi connectivity index (χ1) is 6.27. The van der Waals surface area contributed by atoms with E-state index in [2.05, 4.69) is 9.82 Å². The van der Waals surface area contributed by atoms with Crippen molar-refractivity contribution in [2.24, 2.45) is 5.90 Å². The Morgan fingerprint density at radius 2 is 2.31 bits per heavy atom. The molecule has 2 rings (SSSR count). The molecule has 4 heteroatoms. The van der Waals surface area contributed by atoms with Crippen LogP contribution in [0.15, 0.2) is 18.2 Å². The van der Waals surface area contributed by atoms with Crippen LogP contribution in [0.25, 0.3) is 0 Å². The minimum Gasteiger partial charge on any atom is -0.304 e. The molecule has 0 radical (unpaired) electrons. The van der Waals surface area contributed by atoms with E-state index >= 15 is 0 Å². The smallest absolute Gasteiger partial charge is 0.129 e. The highest BCUT2D eigenvalue weighted by Gasteiger charge is 2.46. The fourth-order valence-corrected chi connectivity index (χ4v) is 1.65. The lowest BCUT2D eigenvalue weighted by molar-refractivity contribution is 0.115. The molecule has 1 aromatic heterocycles. The summed E-state index contributed by atoms with van der Waals surface area (Å²) in [5.41, 5.74) is 1.03. The van der Waals surface area contributed by atoms with E-state index in [1.807, 2.05) is 12.1 Å². The summed E-state index contributed by atoms with van der Waals surface area (Å²) >= 11 is 5.80. The number of hydrogen-bond acceptors (Lipinski definition) is 3. The van der Waals surface area contributed by atoms with Crippen molar-refractivity contribution in [1.82, 2.24) is 4.98 Å². The third kappa shape index (κ3) is 1.68. The molecule has 0 aliphatic heterocycles. The summed E-state index contributed by atoms with van der Waals surface area (Å²) in [7, 11) is 0. The van der Waals surface area contributed by atoms with Gasteiger partial charge in [0.1, 0.15) is 5.15 Å². The molecule has 1 aromatic rings. The van der Waals surface area contributed by atoms with Crippen LogP contribution in [0.4, 0.5) is 0 Å². The number of pyridine rings is 1. The van der Waals surface area contributed by atoms with E-state index in [-0.39, 0.29) is 5.41 Å². The molecule has 1 saturated carbocycles. The molecule has 3 nitrogen and oxygen atoms in total. The van der Waals surface area contributed by atoms with Gasteiger partial charge < -0.3 is 4.84 Å². The fourth-order valence-electron chi connectivity index (χ4n) is 1.49. The van der Waals surface area contributed by atoms with Gasteiger partial charge in [0.05, 0.1) is 12.3 Å². The minimum atomic E-state index is 0.0413. The fraction of sp³-hybridized carbons (Fsp3) is 0.444. The molecule has 0 bridgehead atoms. The number of halogens is 1. The Kier molecular flexibility index (Phi) is 2.24. The lowest BCUT2D eigenvalue weighted by atomic mass is 10.0. The van der Waals surface area contributed by atoms with Crippen LogP contribution in [-0.2, 0) is 10.3 Å².